The van der Waals surface area contributed by atoms with Gasteiger partial charge in [0.2, 0.25) is 0 Å². The number of hydrogen-bond donors (Lipinski definition) is 1. The molecule has 0 aliphatic heterocycles. The van der Waals surface area contributed by atoms with Gasteiger partial charge in [-0.05, 0) is 36.6 Å². The summed E-state index contributed by atoms with van der Waals surface area (Å²) in [7, 11) is 0. The standard InChI is InChI=1S/C13H16FNO3/c1-8(2)7-11(13(17)18)15-12(16)9-3-5-10(14)6-4-9/h3-6,8,11H,7H2,1-2H3,(H,15,16)(H,17,18)/p-1/t11-/m0/s1. The van der Waals surface area contributed by atoms with E-state index in [1.165, 1.54) is 12.1 Å². The molecule has 0 aromatic heterocycles. The summed E-state index contributed by atoms with van der Waals surface area (Å²) < 4.78 is 12.7. The molecular formula is C13H15FNO3-. The third kappa shape index (κ3) is 4.16. The number of nitrogens with one attached hydrogen (secondary N) is 1. The van der Waals surface area contributed by atoms with Crippen LogP contribution in [-0.4, -0.2) is 17.9 Å². The van der Waals surface area contributed by atoms with Crippen molar-refractivity contribution in [1.82, 2.24) is 5.32 Å². The molecule has 1 amide bonds. The molecule has 1 aromatic rings. The van der Waals surface area contributed by atoms with E-state index in [2.05, 4.69) is 5.32 Å². The zero-order valence-corrected chi connectivity index (χ0v) is 10.3. The van der Waals surface area contributed by atoms with Gasteiger partial charge in [0.05, 0.1) is 12.0 Å². The van der Waals surface area contributed by atoms with Crippen LogP contribution in [0.3, 0.4) is 0 Å². The minimum Gasteiger partial charge on any atom is -0.548 e. The Hall–Kier alpha value is -1.91. The number of carbonyl (C=O) groups is 2. The molecule has 1 N–H and O–H groups in total. The van der Waals surface area contributed by atoms with Gasteiger partial charge in [0, 0.05) is 5.56 Å². The summed E-state index contributed by atoms with van der Waals surface area (Å²) >= 11 is 0. The molecule has 1 atom stereocenters. The Morgan fingerprint density at radius 3 is 2.28 bits per heavy atom. The van der Waals surface area contributed by atoms with Gasteiger partial charge in [-0.15, -0.1) is 0 Å². The van der Waals surface area contributed by atoms with Crippen LogP contribution in [-0.2, 0) is 4.79 Å². The van der Waals surface area contributed by atoms with E-state index in [1.807, 2.05) is 13.8 Å². The summed E-state index contributed by atoms with van der Waals surface area (Å²) in [6, 6.07) is 3.85. The lowest BCUT2D eigenvalue weighted by Gasteiger charge is -2.21. The van der Waals surface area contributed by atoms with Crippen LogP contribution in [0.15, 0.2) is 24.3 Å². The first-order valence-electron chi connectivity index (χ1n) is 5.67. The Kier molecular flexibility index (Phi) is 4.83. The third-order valence-electron chi connectivity index (χ3n) is 2.40. The van der Waals surface area contributed by atoms with Gasteiger partial charge in [0.15, 0.2) is 0 Å². The van der Waals surface area contributed by atoms with Crippen molar-refractivity contribution in [3.8, 4) is 0 Å². The van der Waals surface area contributed by atoms with E-state index < -0.39 is 23.7 Å². The molecule has 98 valence electrons. The molecule has 0 saturated heterocycles. The Morgan fingerprint density at radius 2 is 1.83 bits per heavy atom. The number of carbonyl (C=O) groups excluding carboxylic acids is 2. The van der Waals surface area contributed by atoms with E-state index >= 15 is 0 Å². The summed E-state index contributed by atoms with van der Waals surface area (Å²) in [5.41, 5.74) is 0.214. The predicted octanol–water partition coefficient (Wildman–Crippen LogP) is 0.720. The highest BCUT2D eigenvalue weighted by molar-refractivity contribution is 5.96. The summed E-state index contributed by atoms with van der Waals surface area (Å²) in [5.74, 6) is -2.21. The number of hydrogen-bond acceptors (Lipinski definition) is 3. The Bertz CT molecular complexity index is 428. The van der Waals surface area contributed by atoms with Crippen molar-refractivity contribution in [3.63, 3.8) is 0 Å². The van der Waals surface area contributed by atoms with Crippen LogP contribution >= 0.6 is 0 Å². The molecule has 0 radical (unpaired) electrons. The van der Waals surface area contributed by atoms with E-state index in [-0.39, 0.29) is 17.9 Å². The number of benzene rings is 1. The average Bonchev–Trinajstić information content (AvgIpc) is 2.28. The molecule has 0 spiro atoms. The Morgan fingerprint density at radius 1 is 1.28 bits per heavy atom. The minimum absolute atomic E-state index is 0.112. The van der Waals surface area contributed by atoms with Gasteiger partial charge in [-0.25, -0.2) is 4.39 Å². The lowest BCUT2D eigenvalue weighted by atomic mass is 10.0. The lowest BCUT2D eigenvalue weighted by Crippen LogP contribution is -2.48. The highest BCUT2D eigenvalue weighted by Crippen LogP contribution is 2.07. The minimum atomic E-state index is -1.32. The van der Waals surface area contributed by atoms with Crippen LogP contribution in [0.5, 0.6) is 0 Å². The van der Waals surface area contributed by atoms with Gasteiger partial charge in [0.25, 0.3) is 5.91 Å². The highest BCUT2D eigenvalue weighted by atomic mass is 19.1. The maximum absolute atomic E-state index is 12.7. The fourth-order valence-corrected chi connectivity index (χ4v) is 1.53. The van der Waals surface area contributed by atoms with Crippen LogP contribution in [0.2, 0.25) is 0 Å². The van der Waals surface area contributed by atoms with Crippen LogP contribution < -0.4 is 10.4 Å². The maximum Gasteiger partial charge on any atom is 0.251 e. The van der Waals surface area contributed by atoms with Crippen molar-refractivity contribution in [3.05, 3.63) is 35.6 Å². The lowest BCUT2D eigenvalue weighted by molar-refractivity contribution is -0.308. The summed E-state index contributed by atoms with van der Waals surface area (Å²) in [6.07, 6.45) is 0.287. The molecule has 0 aliphatic carbocycles. The Balaban J connectivity index is 2.72. The highest BCUT2D eigenvalue weighted by Gasteiger charge is 2.16. The monoisotopic (exact) mass is 252 g/mol. The fourth-order valence-electron chi connectivity index (χ4n) is 1.53. The second kappa shape index (κ2) is 6.14. The molecule has 1 aromatic carbocycles. The van der Waals surface area contributed by atoms with Gasteiger partial charge in [-0.1, -0.05) is 13.8 Å². The zero-order chi connectivity index (χ0) is 13.7. The summed E-state index contributed by atoms with van der Waals surface area (Å²) in [5, 5.41) is 13.2. The average molecular weight is 252 g/mol. The molecule has 0 fully saturated rings. The summed E-state index contributed by atoms with van der Waals surface area (Å²) in [6.45, 7) is 3.69. The van der Waals surface area contributed by atoms with E-state index in [9.17, 15) is 19.1 Å². The van der Waals surface area contributed by atoms with Crippen molar-refractivity contribution in [1.29, 1.82) is 0 Å². The first-order valence-corrected chi connectivity index (χ1v) is 5.67. The van der Waals surface area contributed by atoms with Gasteiger partial charge in [0.1, 0.15) is 5.82 Å². The van der Waals surface area contributed by atoms with E-state index in [0.717, 1.165) is 12.1 Å². The van der Waals surface area contributed by atoms with Crippen molar-refractivity contribution in [2.75, 3.05) is 0 Å². The van der Waals surface area contributed by atoms with Gasteiger partial charge in [-0.2, -0.15) is 0 Å². The number of rotatable bonds is 5. The SMILES string of the molecule is CC(C)C[C@H](NC(=O)c1ccc(F)cc1)C(=O)[O-]. The molecule has 0 heterocycles. The normalized spacial score (nSPS) is 12.2. The van der Waals surface area contributed by atoms with Gasteiger partial charge < -0.3 is 15.2 Å². The quantitative estimate of drug-likeness (QED) is 0.839. The van der Waals surface area contributed by atoms with Gasteiger partial charge in [-0.3, -0.25) is 4.79 Å². The predicted molar refractivity (Wildman–Crippen MR) is 62.1 cm³/mol. The van der Waals surface area contributed by atoms with Crippen LogP contribution in [0.4, 0.5) is 4.39 Å². The molecule has 5 heteroatoms. The summed E-state index contributed by atoms with van der Waals surface area (Å²) in [4.78, 5) is 22.6. The number of halogens is 1. The van der Waals surface area contributed by atoms with Crippen LogP contribution in [0.1, 0.15) is 30.6 Å². The van der Waals surface area contributed by atoms with E-state index in [1.54, 1.807) is 0 Å². The van der Waals surface area contributed by atoms with Crippen molar-refractivity contribution in [2.24, 2.45) is 5.92 Å². The van der Waals surface area contributed by atoms with E-state index in [4.69, 9.17) is 0 Å². The topological polar surface area (TPSA) is 69.2 Å². The van der Waals surface area contributed by atoms with Crippen LogP contribution in [0.25, 0.3) is 0 Å². The Labute approximate surface area is 105 Å². The maximum atomic E-state index is 12.7. The van der Waals surface area contributed by atoms with Crippen molar-refractivity contribution < 1.29 is 19.1 Å². The zero-order valence-electron chi connectivity index (χ0n) is 10.3. The molecule has 18 heavy (non-hydrogen) atoms. The second-order valence-corrected chi connectivity index (χ2v) is 4.48. The molecular weight excluding hydrogens is 237 g/mol. The molecule has 0 saturated carbocycles. The fraction of sp³-hybridized carbons (Fsp3) is 0.385. The first-order chi connectivity index (χ1) is 8.40. The molecule has 0 unspecified atom stereocenters. The van der Waals surface area contributed by atoms with Crippen LogP contribution in [0, 0.1) is 11.7 Å². The largest absolute Gasteiger partial charge is 0.548 e. The van der Waals surface area contributed by atoms with Crippen molar-refractivity contribution >= 4 is 11.9 Å². The number of carboxylic acids is 1. The molecule has 0 aliphatic rings. The van der Waals surface area contributed by atoms with Crippen molar-refractivity contribution in [2.45, 2.75) is 26.3 Å². The smallest absolute Gasteiger partial charge is 0.251 e. The second-order valence-electron chi connectivity index (χ2n) is 4.48. The molecule has 4 nitrogen and oxygen atoms in total. The van der Waals surface area contributed by atoms with E-state index in [0.29, 0.717) is 0 Å². The number of aliphatic carboxylic acids is 1. The molecule has 0 bridgehead atoms. The molecule has 1 rings (SSSR count). The van der Waals surface area contributed by atoms with Gasteiger partial charge >= 0.3 is 0 Å². The number of amides is 1. The third-order valence-corrected chi connectivity index (χ3v) is 2.40. The number of carboxylic acid groups (broad SMARTS) is 1. The first kappa shape index (κ1) is 14.2.